The molecule has 2 aromatic heterocycles. The number of pyridine rings is 1. The lowest BCUT2D eigenvalue weighted by Gasteiger charge is -2.35. The summed E-state index contributed by atoms with van der Waals surface area (Å²) in [6.07, 6.45) is 8.54. The Morgan fingerprint density at radius 1 is 1.27 bits per heavy atom. The van der Waals surface area contributed by atoms with Gasteiger partial charge in [-0.05, 0) is 50.8 Å². The first kappa shape index (κ1) is 13.9. The minimum absolute atomic E-state index is 0.381. The molecule has 2 fully saturated rings. The van der Waals surface area contributed by atoms with Crippen molar-refractivity contribution in [2.75, 3.05) is 13.1 Å². The van der Waals surface area contributed by atoms with Crippen molar-refractivity contribution in [1.82, 2.24) is 20.0 Å². The summed E-state index contributed by atoms with van der Waals surface area (Å²) in [4.78, 5) is 11.4. The van der Waals surface area contributed by atoms with Crippen LogP contribution in [0.4, 0.5) is 0 Å². The highest BCUT2D eigenvalue weighted by molar-refractivity contribution is 5.14. The molecule has 1 aliphatic heterocycles. The van der Waals surface area contributed by atoms with Crippen LogP contribution >= 0.6 is 0 Å². The summed E-state index contributed by atoms with van der Waals surface area (Å²) < 4.78 is 5.43. The molecule has 22 heavy (non-hydrogen) atoms. The maximum atomic E-state index is 5.43. The van der Waals surface area contributed by atoms with Gasteiger partial charge in [-0.15, -0.1) is 0 Å². The molecular weight excluding hydrogens is 276 g/mol. The van der Waals surface area contributed by atoms with E-state index in [1.807, 2.05) is 18.5 Å². The second kappa shape index (κ2) is 5.80. The summed E-state index contributed by atoms with van der Waals surface area (Å²) in [6, 6.07) is 4.54. The predicted molar refractivity (Wildman–Crippen MR) is 82.5 cm³/mol. The van der Waals surface area contributed by atoms with E-state index < -0.39 is 0 Å². The average Bonchev–Trinajstić information content (AvgIpc) is 3.32. The number of nitrogens with zero attached hydrogens (tertiary/aromatic N) is 4. The van der Waals surface area contributed by atoms with E-state index in [1.165, 1.54) is 24.8 Å². The fourth-order valence-electron chi connectivity index (χ4n) is 3.31. The molecule has 2 atom stereocenters. The second-order valence-corrected chi connectivity index (χ2v) is 6.56. The molecule has 2 aliphatic rings. The number of piperidine rings is 1. The van der Waals surface area contributed by atoms with Crippen molar-refractivity contribution in [2.24, 2.45) is 0 Å². The van der Waals surface area contributed by atoms with E-state index >= 15 is 0 Å². The van der Waals surface area contributed by atoms with E-state index in [0.717, 1.165) is 31.2 Å². The molecule has 0 spiro atoms. The van der Waals surface area contributed by atoms with Gasteiger partial charge in [0.05, 0.1) is 0 Å². The second-order valence-electron chi connectivity index (χ2n) is 6.56. The zero-order valence-corrected chi connectivity index (χ0v) is 13.0. The van der Waals surface area contributed by atoms with Crippen LogP contribution in [0, 0.1) is 0 Å². The molecule has 1 saturated carbocycles. The van der Waals surface area contributed by atoms with Crippen LogP contribution in [-0.4, -0.2) is 33.1 Å². The minimum Gasteiger partial charge on any atom is -0.339 e. The van der Waals surface area contributed by atoms with Crippen LogP contribution in [0.3, 0.4) is 0 Å². The zero-order chi connectivity index (χ0) is 14.9. The molecule has 2 aromatic rings. The molecule has 0 radical (unpaired) electrons. The van der Waals surface area contributed by atoms with Gasteiger partial charge >= 0.3 is 0 Å². The Morgan fingerprint density at radius 3 is 2.95 bits per heavy atom. The first-order valence-electron chi connectivity index (χ1n) is 8.28. The van der Waals surface area contributed by atoms with Crippen LogP contribution in [-0.2, 0) is 0 Å². The predicted octanol–water partition coefficient (Wildman–Crippen LogP) is 3.28. The lowest BCUT2D eigenvalue weighted by Crippen LogP contribution is -2.36. The maximum absolute atomic E-state index is 5.43. The quantitative estimate of drug-likeness (QED) is 0.867. The first-order chi connectivity index (χ1) is 10.8. The summed E-state index contributed by atoms with van der Waals surface area (Å²) in [7, 11) is 0. The summed E-state index contributed by atoms with van der Waals surface area (Å²) in [6.45, 7) is 4.38. The van der Waals surface area contributed by atoms with Crippen molar-refractivity contribution >= 4 is 0 Å². The number of aromatic nitrogens is 3. The number of likely N-dealkylation sites (tertiary alicyclic amines) is 1. The van der Waals surface area contributed by atoms with Gasteiger partial charge in [-0.1, -0.05) is 11.2 Å². The van der Waals surface area contributed by atoms with Crippen LogP contribution in [0.2, 0.25) is 0 Å². The van der Waals surface area contributed by atoms with Gasteiger partial charge < -0.3 is 4.52 Å². The van der Waals surface area contributed by atoms with Crippen LogP contribution in [0.5, 0.6) is 0 Å². The number of rotatable bonds is 4. The Kier molecular flexibility index (Phi) is 3.66. The van der Waals surface area contributed by atoms with Crippen LogP contribution < -0.4 is 0 Å². The van der Waals surface area contributed by atoms with E-state index in [-0.39, 0.29) is 0 Å². The summed E-state index contributed by atoms with van der Waals surface area (Å²) >= 11 is 0. The topological polar surface area (TPSA) is 55.1 Å². The summed E-state index contributed by atoms with van der Waals surface area (Å²) in [5.74, 6) is 2.69. The van der Waals surface area contributed by atoms with E-state index in [9.17, 15) is 0 Å². The molecule has 3 heterocycles. The van der Waals surface area contributed by atoms with Gasteiger partial charge in [-0.25, -0.2) is 0 Å². The third kappa shape index (κ3) is 2.77. The molecule has 1 saturated heterocycles. The largest absolute Gasteiger partial charge is 0.339 e. The Bertz CT molecular complexity index is 623. The number of hydrogen-bond donors (Lipinski definition) is 0. The first-order valence-corrected chi connectivity index (χ1v) is 8.28. The zero-order valence-electron chi connectivity index (χ0n) is 13.0. The Balaban J connectivity index is 1.46. The van der Waals surface area contributed by atoms with Gasteiger partial charge in [-0.2, -0.15) is 4.98 Å². The highest BCUT2D eigenvalue weighted by Crippen LogP contribution is 2.40. The SMILES string of the molecule is C[C@H](c1cccnc1)N1CCC[C@H](c2noc(C3CC3)n2)C1. The highest BCUT2D eigenvalue weighted by Gasteiger charge is 2.32. The molecule has 1 aliphatic carbocycles. The van der Waals surface area contributed by atoms with Gasteiger partial charge in [-0.3, -0.25) is 9.88 Å². The molecule has 5 heteroatoms. The number of hydrogen-bond acceptors (Lipinski definition) is 5. The Morgan fingerprint density at radius 2 is 2.18 bits per heavy atom. The fraction of sp³-hybridized carbons (Fsp3) is 0.588. The summed E-state index contributed by atoms with van der Waals surface area (Å²) in [5, 5.41) is 4.24. The average molecular weight is 298 g/mol. The van der Waals surface area contributed by atoms with Crippen LogP contribution in [0.25, 0.3) is 0 Å². The minimum atomic E-state index is 0.381. The fourth-order valence-corrected chi connectivity index (χ4v) is 3.31. The molecule has 0 bridgehead atoms. The van der Waals surface area contributed by atoms with Crippen molar-refractivity contribution in [2.45, 2.75) is 50.5 Å². The van der Waals surface area contributed by atoms with Crippen molar-refractivity contribution < 1.29 is 4.52 Å². The molecule has 0 unspecified atom stereocenters. The third-order valence-corrected chi connectivity index (χ3v) is 4.92. The van der Waals surface area contributed by atoms with Crippen molar-refractivity contribution in [1.29, 1.82) is 0 Å². The standard InChI is InChI=1S/C17H22N4O/c1-12(14-4-2-8-18-10-14)21-9-3-5-15(11-21)16-19-17(22-20-16)13-6-7-13/h2,4,8,10,12-13,15H,3,5-7,9,11H2,1H3/t12-,15+/m1/s1. The highest BCUT2D eigenvalue weighted by atomic mass is 16.5. The molecular formula is C17H22N4O. The van der Waals surface area contributed by atoms with E-state index in [1.54, 1.807) is 0 Å². The molecule has 0 aromatic carbocycles. The normalized spacial score (nSPS) is 24.3. The molecule has 5 nitrogen and oxygen atoms in total. The molecule has 4 rings (SSSR count). The molecule has 116 valence electrons. The van der Waals surface area contributed by atoms with E-state index in [4.69, 9.17) is 4.52 Å². The van der Waals surface area contributed by atoms with Gasteiger partial charge in [0.1, 0.15) is 0 Å². The summed E-state index contributed by atoms with van der Waals surface area (Å²) in [5.41, 5.74) is 1.27. The Labute approximate surface area is 130 Å². The van der Waals surface area contributed by atoms with Gasteiger partial charge in [0, 0.05) is 36.8 Å². The van der Waals surface area contributed by atoms with Crippen LogP contribution in [0.15, 0.2) is 29.0 Å². The lowest BCUT2D eigenvalue weighted by molar-refractivity contribution is 0.154. The molecule has 0 N–H and O–H groups in total. The maximum Gasteiger partial charge on any atom is 0.229 e. The van der Waals surface area contributed by atoms with E-state index in [2.05, 4.69) is 33.0 Å². The van der Waals surface area contributed by atoms with Crippen LogP contribution in [0.1, 0.15) is 67.8 Å². The molecule has 0 amide bonds. The van der Waals surface area contributed by atoms with Crippen molar-refractivity contribution in [3.63, 3.8) is 0 Å². The van der Waals surface area contributed by atoms with Crippen molar-refractivity contribution in [3.8, 4) is 0 Å². The van der Waals surface area contributed by atoms with E-state index in [0.29, 0.717) is 17.9 Å². The lowest BCUT2D eigenvalue weighted by atomic mass is 9.95. The Hall–Kier alpha value is -1.75. The third-order valence-electron chi connectivity index (χ3n) is 4.92. The smallest absolute Gasteiger partial charge is 0.229 e. The van der Waals surface area contributed by atoms with Gasteiger partial charge in [0.25, 0.3) is 0 Å². The monoisotopic (exact) mass is 298 g/mol. The van der Waals surface area contributed by atoms with Gasteiger partial charge in [0.2, 0.25) is 5.89 Å². The van der Waals surface area contributed by atoms with Crippen molar-refractivity contribution in [3.05, 3.63) is 41.8 Å². The van der Waals surface area contributed by atoms with Gasteiger partial charge in [0.15, 0.2) is 5.82 Å².